The van der Waals surface area contributed by atoms with E-state index in [0.717, 1.165) is 35.5 Å². The van der Waals surface area contributed by atoms with Gasteiger partial charge in [-0.25, -0.2) is 9.37 Å². The van der Waals surface area contributed by atoms with Gasteiger partial charge in [0.2, 0.25) is 5.91 Å². The first kappa shape index (κ1) is 18.3. The largest absolute Gasteiger partial charge is 0.361 e. The molecule has 0 unspecified atom stereocenters. The van der Waals surface area contributed by atoms with Gasteiger partial charge in [0.05, 0.1) is 12.1 Å². The first-order chi connectivity index (χ1) is 13.5. The van der Waals surface area contributed by atoms with Crippen molar-refractivity contribution in [2.45, 2.75) is 39.0 Å². The Hall–Kier alpha value is -3.03. The second-order valence-corrected chi connectivity index (χ2v) is 7.19. The van der Waals surface area contributed by atoms with Crippen LogP contribution in [-0.2, 0) is 11.2 Å². The van der Waals surface area contributed by atoms with Crippen molar-refractivity contribution in [3.05, 3.63) is 52.9 Å². The molecule has 0 radical (unpaired) electrons. The molecule has 0 atom stereocenters. The van der Waals surface area contributed by atoms with Crippen LogP contribution in [0.1, 0.15) is 41.6 Å². The van der Waals surface area contributed by atoms with Crippen LogP contribution in [0.25, 0.3) is 11.4 Å². The Morgan fingerprint density at radius 3 is 2.61 bits per heavy atom. The van der Waals surface area contributed by atoms with E-state index in [2.05, 4.69) is 20.3 Å². The fourth-order valence-corrected chi connectivity index (χ4v) is 3.60. The van der Waals surface area contributed by atoms with Crippen LogP contribution in [0.5, 0.6) is 0 Å². The number of amides is 1. The number of carbonyl (C=O) groups excluding carboxylic acids is 1. The number of hydrogen-bond acceptors (Lipinski definition) is 5. The van der Waals surface area contributed by atoms with Crippen molar-refractivity contribution in [2.75, 3.05) is 13.1 Å². The molecule has 2 aromatic heterocycles. The van der Waals surface area contributed by atoms with Gasteiger partial charge in [0.15, 0.2) is 5.82 Å². The zero-order valence-corrected chi connectivity index (χ0v) is 15.9. The summed E-state index contributed by atoms with van der Waals surface area (Å²) in [7, 11) is 0. The molecule has 1 amide bonds. The molecule has 1 N–H and O–H groups in total. The van der Waals surface area contributed by atoms with Gasteiger partial charge in [-0.15, -0.1) is 0 Å². The Morgan fingerprint density at radius 2 is 1.96 bits per heavy atom. The number of H-pyrrole nitrogens is 1. The van der Waals surface area contributed by atoms with E-state index in [1.165, 1.54) is 12.1 Å². The zero-order chi connectivity index (χ0) is 19.7. The predicted octanol–water partition coefficient (Wildman–Crippen LogP) is 3.16. The highest BCUT2D eigenvalue weighted by atomic mass is 19.1. The fourth-order valence-electron chi connectivity index (χ4n) is 3.60. The lowest BCUT2D eigenvalue weighted by molar-refractivity contribution is -0.131. The van der Waals surface area contributed by atoms with Gasteiger partial charge in [0.1, 0.15) is 17.4 Å². The molecule has 8 heteroatoms. The molecule has 1 fully saturated rings. The molecular formula is C20H22FN5O2. The van der Waals surface area contributed by atoms with E-state index in [9.17, 15) is 9.18 Å². The number of halogens is 1. The topological polar surface area (TPSA) is 87.9 Å². The Kier molecular flexibility index (Phi) is 4.93. The SMILES string of the molecule is Cc1noc(C)c1CC(=O)N1CCC(c2nc(-c3ccc(F)cc3)n[nH]2)CC1. The average Bonchev–Trinajstić information content (AvgIpc) is 3.31. The molecule has 3 aromatic rings. The first-order valence-corrected chi connectivity index (χ1v) is 9.39. The highest BCUT2D eigenvalue weighted by Gasteiger charge is 2.27. The molecule has 4 rings (SSSR count). The number of aromatic nitrogens is 4. The van der Waals surface area contributed by atoms with E-state index in [-0.39, 0.29) is 17.6 Å². The maximum absolute atomic E-state index is 13.1. The minimum atomic E-state index is -0.284. The van der Waals surface area contributed by atoms with Gasteiger partial charge in [-0.05, 0) is 51.0 Å². The molecule has 146 valence electrons. The summed E-state index contributed by atoms with van der Waals surface area (Å²) in [5.74, 6) is 2.12. The highest BCUT2D eigenvalue weighted by molar-refractivity contribution is 5.79. The molecule has 1 aliphatic rings. The molecule has 1 aliphatic heterocycles. The van der Waals surface area contributed by atoms with Crippen molar-refractivity contribution in [3.8, 4) is 11.4 Å². The predicted molar refractivity (Wildman–Crippen MR) is 100 cm³/mol. The monoisotopic (exact) mass is 383 g/mol. The summed E-state index contributed by atoms with van der Waals surface area (Å²) in [6.45, 7) is 5.05. The van der Waals surface area contributed by atoms with Crippen molar-refractivity contribution in [1.29, 1.82) is 0 Å². The van der Waals surface area contributed by atoms with E-state index >= 15 is 0 Å². The number of carbonyl (C=O) groups is 1. The molecule has 0 aliphatic carbocycles. The Morgan fingerprint density at radius 1 is 1.25 bits per heavy atom. The van der Waals surface area contributed by atoms with Gasteiger partial charge in [-0.2, -0.15) is 5.10 Å². The Bertz CT molecular complexity index is 951. The molecule has 1 saturated heterocycles. The summed E-state index contributed by atoms with van der Waals surface area (Å²) in [6.07, 6.45) is 1.97. The minimum Gasteiger partial charge on any atom is -0.361 e. The van der Waals surface area contributed by atoms with Crippen molar-refractivity contribution in [3.63, 3.8) is 0 Å². The fraction of sp³-hybridized carbons (Fsp3) is 0.400. The number of nitrogens with one attached hydrogen (secondary N) is 1. The van der Waals surface area contributed by atoms with Crippen LogP contribution in [0.2, 0.25) is 0 Å². The van der Waals surface area contributed by atoms with Gasteiger partial charge >= 0.3 is 0 Å². The number of rotatable bonds is 4. The third kappa shape index (κ3) is 3.67. The van der Waals surface area contributed by atoms with E-state index in [0.29, 0.717) is 31.1 Å². The number of aryl methyl sites for hydroxylation is 2. The lowest BCUT2D eigenvalue weighted by Gasteiger charge is -2.31. The molecule has 7 nitrogen and oxygen atoms in total. The number of hydrogen-bond donors (Lipinski definition) is 1. The summed E-state index contributed by atoms with van der Waals surface area (Å²) in [5, 5.41) is 11.2. The summed E-state index contributed by atoms with van der Waals surface area (Å²) in [6, 6.07) is 6.12. The second-order valence-electron chi connectivity index (χ2n) is 7.19. The summed E-state index contributed by atoms with van der Waals surface area (Å²) in [4.78, 5) is 19.1. The second kappa shape index (κ2) is 7.53. The van der Waals surface area contributed by atoms with E-state index < -0.39 is 0 Å². The smallest absolute Gasteiger partial charge is 0.227 e. The third-order valence-corrected chi connectivity index (χ3v) is 5.35. The standard InChI is InChI=1S/C20H22FN5O2/c1-12-17(13(2)28-25-12)11-18(27)26-9-7-15(8-10-26)20-22-19(23-24-20)14-3-5-16(21)6-4-14/h3-6,15H,7-11H2,1-2H3,(H,22,23,24). The maximum Gasteiger partial charge on any atom is 0.227 e. The van der Waals surface area contributed by atoms with Gasteiger partial charge in [0, 0.05) is 30.1 Å². The number of benzene rings is 1. The van der Waals surface area contributed by atoms with Crippen molar-refractivity contribution in [2.24, 2.45) is 0 Å². The molecule has 0 saturated carbocycles. The quantitative estimate of drug-likeness (QED) is 0.748. The number of aromatic amines is 1. The van der Waals surface area contributed by atoms with E-state index in [4.69, 9.17) is 4.52 Å². The molecular weight excluding hydrogens is 361 g/mol. The van der Waals surface area contributed by atoms with Crippen LogP contribution >= 0.6 is 0 Å². The van der Waals surface area contributed by atoms with Crippen molar-refractivity contribution in [1.82, 2.24) is 25.2 Å². The number of piperidine rings is 1. The number of nitrogens with zero attached hydrogens (tertiary/aromatic N) is 4. The summed E-state index contributed by atoms with van der Waals surface area (Å²) >= 11 is 0. The molecule has 0 spiro atoms. The Labute approximate surface area is 161 Å². The zero-order valence-electron chi connectivity index (χ0n) is 15.9. The van der Waals surface area contributed by atoms with Crippen molar-refractivity contribution >= 4 is 5.91 Å². The van der Waals surface area contributed by atoms with Crippen LogP contribution < -0.4 is 0 Å². The van der Waals surface area contributed by atoms with Gasteiger partial charge < -0.3 is 9.42 Å². The summed E-state index contributed by atoms with van der Waals surface area (Å²) in [5.41, 5.74) is 2.43. The van der Waals surface area contributed by atoms with Crippen molar-refractivity contribution < 1.29 is 13.7 Å². The molecule has 0 bridgehead atoms. The lowest BCUT2D eigenvalue weighted by Crippen LogP contribution is -2.39. The lowest BCUT2D eigenvalue weighted by atomic mass is 9.95. The van der Waals surface area contributed by atoms with Crippen LogP contribution in [0.4, 0.5) is 4.39 Å². The van der Waals surface area contributed by atoms with E-state index in [1.807, 2.05) is 18.7 Å². The normalized spacial score (nSPS) is 15.2. The average molecular weight is 383 g/mol. The van der Waals surface area contributed by atoms with Gasteiger partial charge in [-0.1, -0.05) is 5.16 Å². The van der Waals surface area contributed by atoms with Gasteiger partial charge in [-0.3, -0.25) is 9.89 Å². The maximum atomic E-state index is 13.1. The summed E-state index contributed by atoms with van der Waals surface area (Å²) < 4.78 is 18.2. The van der Waals surface area contributed by atoms with Crippen LogP contribution in [0.3, 0.4) is 0 Å². The van der Waals surface area contributed by atoms with Crippen LogP contribution in [-0.4, -0.2) is 44.2 Å². The first-order valence-electron chi connectivity index (χ1n) is 9.39. The van der Waals surface area contributed by atoms with Gasteiger partial charge in [0.25, 0.3) is 0 Å². The Balaban J connectivity index is 1.36. The van der Waals surface area contributed by atoms with Crippen LogP contribution in [0, 0.1) is 19.7 Å². The molecule has 1 aromatic carbocycles. The molecule has 3 heterocycles. The number of likely N-dealkylation sites (tertiary alicyclic amines) is 1. The third-order valence-electron chi connectivity index (χ3n) is 5.35. The highest BCUT2D eigenvalue weighted by Crippen LogP contribution is 2.27. The van der Waals surface area contributed by atoms with Crippen LogP contribution in [0.15, 0.2) is 28.8 Å². The molecule has 28 heavy (non-hydrogen) atoms. The minimum absolute atomic E-state index is 0.0948. The van der Waals surface area contributed by atoms with E-state index in [1.54, 1.807) is 12.1 Å².